The van der Waals surface area contributed by atoms with Crippen LogP contribution in [-0.2, 0) is 20.8 Å². The molecule has 3 rings (SSSR count). The molecular weight excluding hydrogens is 216 g/mol. The van der Waals surface area contributed by atoms with Crippen molar-refractivity contribution in [2.24, 2.45) is 0 Å². The van der Waals surface area contributed by atoms with Gasteiger partial charge in [0.15, 0.2) is 0 Å². The molecule has 92 valence electrons. The van der Waals surface area contributed by atoms with E-state index in [2.05, 4.69) is 19.1 Å². The van der Waals surface area contributed by atoms with Crippen molar-refractivity contribution in [2.75, 3.05) is 13.2 Å². The molecule has 3 nitrogen and oxygen atoms in total. The summed E-state index contributed by atoms with van der Waals surface area (Å²) in [5, 5.41) is 0. The smallest absolute Gasteiger partial charge is 0.117 e. The van der Waals surface area contributed by atoms with Crippen LogP contribution < -0.4 is 0 Å². The van der Waals surface area contributed by atoms with Crippen LogP contribution in [0.15, 0.2) is 30.3 Å². The van der Waals surface area contributed by atoms with Gasteiger partial charge in [-0.05, 0) is 18.9 Å². The summed E-state index contributed by atoms with van der Waals surface area (Å²) in [4.78, 5) is 0. The number of fused-ring (bicyclic) bond motifs is 2. The first-order chi connectivity index (χ1) is 8.28. The minimum atomic E-state index is -0.252. The topological polar surface area (TPSA) is 27.7 Å². The Morgan fingerprint density at radius 1 is 1.35 bits per heavy atom. The quantitative estimate of drug-likeness (QED) is 0.802. The first-order valence-electron chi connectivity index (χ1n) is 6.19. The second-order valence-corrected chi connectivity index (χ2v) is 5.02. The minimum Gasteiger partial charge on any atom is -0.372 e. The summed E-state index contributed by atoms with van der Waals surface area (Å²) in [6, 6.07) is 10.2. The lowest BCUT2D eigenvalue weighted by Gasteiger charge is -2.35. The van der Waals surface area contributed by atoms with E-state index >= 15 is 0 Å². The lowest BCUT2D eigenvalue weighted by Crippen LogP contribution is -2.49. The molecule has 0 aliphatic carbocycles. The zero-order valence-corrected chi connectivity index (χ0v) is 10.1. The molecule has 2 saturated heterocycles. The lowest BCUT2D eigenvalue weighted by molar-refractivity contribution is -0.150. The third-order valence-corrected chi connectivity index (χ3v) is 3.63. The van der Waals surface area contributed by atoms with Gasteiger partial charge in [0.05, 0.1) is 25.9 Å². The molecule has 2 bridgehead atoms. The number of benzene rings is 1. The first-order valence-corrected chi connectivity index (χ1v) is 6.19. The first kappa shape index (κ1) is 11.2. The highest BCUT2D eigenvalue weighted by Gasteiger charge is 2.51. The predicted octanol–water partition coefficient (Wildman–Crippen LogP) is 2.15. The molecule has 2 fully saturated rings. The SMILES string of the molecule is CC12COC(CCO1)C2OCc1ccccc1. The van der Waals surface area contributed by atoms with E-state index in [0.29, 0.717) is 13.2 Å². The normalized spacial score (nSPS) is 36.1. The molecule has 0 aromatic heterocycles. The van der Waals surface area contributed by atoms with E-state index in [-0.39, 0.29) is 17.8 Å². The Balaban J connectivity index is 1.66. The van der Waals surface area contributed by atoms with Gasteiger partial charge in [-0.2, -0.15) is 0 Å². The second-order valence-electron chi connectivity index (χ2n) is 5.02. The van der Waals surface area contributed by atoms with Gasteiger partial charge in [0.25, 0.3) is 0 Å². The molecule has 0 spiro atoms. The highest BCUT2D eigenvalue weighted by Crippen LogP contribution is 2.36. The van der Waals surface area contributed by atoms with Crippen molar-refractivity contribution in [1.29, 1.82) is 0 Å². The Hall–Kier alpha value is -0.900. The molecule has 1 aromatic rings. The largest absolute Gasteiger partial charge is 0.372 e. The van der Waals surface area contributed by atoms with Gasteiger partial charge in [-0.25, -0.2) is 0 Å². The summed E-state index contributed by atoms with van der Waals surface area (Å²) >= 11 is 0. The van der Waals surface area contributed by atoms with Gasteiger partial charge in [-0.1, -0.05) is 30.3 Å². The van der Waals surface area contributed by atoms with Crippen molar-refractivity contribution in [3.8, 4) is 0 Å². The Bertz CT molecular complexity index is 374. The maximum absolute atomic E-state index is 6.01. The molecule has 0 N–H and O–H groups in total. The third-order valence-electron chi connectivity index (χ3n) is 3.63. The van der Waals surface area contributed by atoms with E-state index in [1.54, 1.807) is 0 Å². The van der Waals surface area contributed by atoms with Gasteiger partial charge in [0.1, 0.15) is 11.7 Å². The summed E-state index contributed by atoms with van der Waals surface area (Å²) < 4.78 is 17.5. The van der Waals surface area contributed by atoms with Gasteiger partial charge < -0.3 is 14.2 Å². The molecule has 2 aliphatic heterocycles. The van der Waals surface area contributed by atoms with E-state index in [1.807, 2.05) is 18.2 Å². The maximum Gasteiger partial charge on any atom is 0.117 e. The van der Waals surface area contributed by atoms with Gasteiger partial charge in [-0.3, -0.25) is 0 Å². The van der Waals surface area contributed by atoms with Crippen molar-refractivity contribution in [3.05, 3.63) is 35.9 Å². The van der Waals surface area contributed by atoms with Gasteiger partial charge in [0.2, 0.25) is 0 Å². The fourth-order valence-corrected chi connectivity index (χ4v) is 2.65. The summed E-state index contributed by atoms with van der Waals surface area (Å²) in [6.07, 6.45) is 1.21. The van der Waals surface area contributed by atoms with Crippen molar-refractivity contribution in [2.45, 2.75) is 37.8 Å². The standard InChI is InChI=1S/C14H18O3/c1-14-10-16-12(7-8-17-14)13(14)15-9-11-5-3-2-4-6-11/h2-6,12-13H,7-10H2,1H3. The van der Waals surface area contributed by atoms with Crippen molar-refractivity contribution >= 4 is 0 Å². The Labute approximate surface area is 102 Å². The third kappa shape index (κ3) is 2.10. The Morgan fingerprint density at radius 2 is 2.18 bits per heavy atom. The molecule has 3 atom stereocenters. The fraction of sp³-hybridized carbons (Fsp3) is 0.571. The zero-order valence-electron chi connectivity index (χ0n) is 10.1. The van der Waals surface area contributed by atoms with Crippen molar-refractivity contribution in [3.63, 3.8) is 0 Å². The van der Waals surface area contributed by atoms with Crippen LogP contribution in [0.4, 0.5) is 0 Å². The van der Waals surface area contributed by atoms with E-state index < -0.39 is 0 Å². The van der Waals surface area contributed by atoms with Crippen LogP contribution in [0.5, 0.6) is 0 Å². The number of rotatable bonds is 3. The maximum atomic E-state index is 6.01. The molecule has 3 heteroatoms. The second kappa shape index (κ2) is 4.41. The van der Waals surface area contributed by atoms with E-state index in [1.165, 1.54) is 5.56 Å². The summed E-state index contributed by atoms with van der Waals surface area (Å²) in [7, 11) is 0. The summed E-state index contributed by atoms with van der Waals surface area (Å²) in [5.41, 5.74) is 0.943. The van der Waals surface area contributed by atoms with Crippen molar-refractivity contribution < 1.29 is 14.2 Å². The summed E-state index contributed by atoms with van der Waals surface area (Å²) in [5.74, 6) is 0. The van der Waals surface area contributed by atoms with Crippen LogP contribution >= 0.6 is 0 Å². The lowest BCUT2D eigenvalue weighted by atomic mass is 9.94. The Kier molecular flexibility index (Phi) is 2.90. The fourth-order valence-electron chi connectivity index (χ4n) is 2.65. The van der Waals surface area contributed by atoms with Crippen LogP contribution in [0.1, 0.15) is 18.9 Å². The molecule has 0 radical (unpaired) electrons. The molecule has 0 saturated carbocycles. The molecule has 17 heavy (non-hydrogen) atoms. The van der Waals surface area contributed by atoms with Crippen LogP contribution in [0, 0.1) is 0 Å². The molecule has 1 aromatic carbocycles. The predicted molar refractivity (Wildman–Crippen MR) is 63.7 cm³/mol. The highest BCUT2D eigenvalue weighted by molar-refractivity contribution is 5.13. The van der Waals surface area contributed by atoms with Gasteiger partial charge in [-0.15, -0.1) is 0 Å². The average molecular weight is 234 g/mol. The monoisotopic (exact) mass is 234 g/mol. The minimum absolute atomic E-state index is 0.0662. The molecular formula is C14H18O3. The van der Waals surface area contributed by atoms with Crippen LogP contribution in [0.25, 0.3) is 0 Å². The molecule has 0 amide bonds. The molecule has 2 aliphatic rings. The number of ether oxygens (including phenoxy) is 3. The Morgan fingerprint density at radius 3 is 2.94 bits per heavy atom. The average Bonchev–Trinajstić information content (AvgIpc) is 2.54. The van der Waals surface area contributed by atoms with E-state index in [0.717, 1.165) is 13.0 Å². The van der Waals surface area contributed by atoms with Gasteiger partial charge >= 0.3 is 0 Å². The van der Waals surface area contributed by atoms with E-state index in [4.69, 9.17) is 14.2 Å². The number of hydrogen-bond donors (Lipinski definition) is 0. The van der Waals surface area contributed by atoms with Crippen LogP contribution in [0.3, 0.4) is 0 Å². The summed E-state index contributed by atoms with van der Waals surface area (Å²) in [6.45, 7) is 4.15. The molecule has 3 unspecified atom stereocenters. The number of hydrogen-bond acceptors (Lipinski definition) is 3. The zero-order chi connectivity index (χ0) is 11.7. The van der Waals surface area contributed by atoms with Gasteiger partial charge in [0, 0.05) is 0 Å². The van der Waals surface area contributed by atoms with Crippen molar-refractivity contribution in [1.82, 2.24) is 0 Å². The van der Waals surface area contributed by atoms with E-state index in [9.17, 15) is 0 Å². The highest BCUT2D eigenvalue weighted by atomic mass is 16.6. The van der Waals surface area contributed by atoms with Crippen LogP contribution in [0.2, 0.25) is 0 Å². The van der Waals surface area contributed by atoms with Crippen LogP contribution in [-0.4, -0.2) is 31.0 Å². The molecule has 2 heterocycles.